The number of nitrogens with one attached hydrogen (secondary N) is 1. The topological polar surface area (TPSA) is 32.3 Å². The Hall–Kier alpha value is -1.63. The van der Waals surface area contributed by atoms with E-state index >= 15 is 0 Å². The van der Waals surface area contributed by atoms with Crippen molar-refractivity contribution >= 4 is 35.0 Å². The second-order valence-electron chi connectivity index (χ2n) is 8.06. The molecule has 3 nitrogen and oxygen atoms in total. The lowest BCUT2D eigenvalue weighted by Gasteiger charge is -2.24. The van der Waals surface area contributed by atoms with Crippen LogP contribution in [-0.2, 0) is 5.41 Å². The van der Waals surface area contributed by atoms with Crippen LogP contribution in [0.1, 0.15) is 57.0 Å². The summed E-state index contributed by atoms with van der Waals surface area (Å²) in [5.41, 5.74) is 0.773. The molecule has 1 unspecified atom stereocenters. The van der Waals surface area contributed by atoms with E-state index in [0.29, 0.717) is 17.3 Å². The van der Waals surface area contributed by atoms with E-state index in [1.165, 1.54) is 11.0 Å². The smallest absolute Gasteiger partial charge is 0.264 e. The number of hydrogen-bond acceptors (Lipinski definition) is 3. The first-order chi connectivity index (χ1) is 15.1. The molecule has 2 aromatic rings. The lowest BCUT2D eigenvalue weighted by Crippen LogP contribution is -2.36. The summed E-state index contributed by atoms with van der Waals surface area (Å²) >= 11 is 7.96. The molecule has 1 heterocycles. The fourth-order valence-corrected chi connectivity index (χ4v) is 3.24. The monoisotopic (exact) mass is 484 g/mol. The van der Waals surface area contributed by atoms with Crippen LogP contribution in [0, 0.1) is 11.6 Å². The number of hydrogen-bond donors (Lipinski definition) is 1. The summed E-state index contributed by atoms with van der Waals surface area (Å²) in [4.78, 5) is 14.2. The van der Waals surface area contributed by atoms with Crippen LogP contribution in [0.15, 0.2) is 36.4 Å². The van der Waals surface area contributed by atoms with Gasteiger partial charge in [-0.3, -0.25) is 4.79 Å². The molecule has 0 fully saturated rings. The van der Waals surface area contributed by atoms with Crippen molar-refractivity contribution in [1.29, 1.82) is 0 Å². The summed E-state index contributed by atoms with van der Waals surface area (Å²) in [6.07, 6.45) is 2.90. The predicted molar refractivity (Wildman–Crippen MR) is 135 cm³/mol. The van der Waals surface area contributed by atoms with Gasteiger partial charge >= 0.3 is 0 Å². The molecule has 3 rings (SSSR count). The minimum absolute atomic E-state index is 0.294. The number of fused-ring (bicyclic) bond motifs is 1. The zero-order valence-corrected chi connectivity index (χ0v) is 21.6. The van der Waals surface area contributed by atoms with E-state index in [-0.39, 0.29) is 5.41 Å². The van der Waals surface area contributed by atoms with Gasteiger partial charge in [0, 0.05) is 22.7 Å². The highest BCUT2D eigenvalue weighted by Gasteiger charge is 2.41. The average molecular weight is 485 g/mol. The molecule has 0 aromatic heterocycles. The molecular weight excluding hydrogens is 450 g/mol. The molecule has 0 radical (unpaired) electrons. The van der Waals surface area contributed by atoms with Gasteiger partial charge in [0.25, 0.3) is 5.91 Å². The van der Waals surface area contributed by atoms with E-state index in [4.69, 9.17) is 11.6 Å². The van der Waals surface area contributed by atoms with Gasteiger partial charge in [-0.05, 0) is 67.4 Å². The lowest BCUT2D eigenvalue weighted by atomic mass is 9.82. The summed E-state index contributed by atoms with van der Waals surface area (Å²) in [6, 6.07) is 8.66. The molecule has 0 saturated carbocycles. The first-order valence-corrected chi connectivity index (χ1v) is 12.5. The molecule has 1 atom stereocenters. The average Bonchev–Trinajstić information content (AvgIpc) is 3.06. The summed E-state index contributed by atoms with van der Waals surface area (Å²) < 4.78 is 27.9. The molecule has 0 aliphatic carbocycles. The van der Waals surface area contributed by atoms with Crippen molar-refractivity contribution in [2.24, 2.45) is 0 Å². The van der Waals surface area contributed by atoms with E-state index in [2.05, 4.69) is 32.3 Å². The minimum Gasteiger partial charge on any atom is -0.320 e. The van der Waals surface area contributed by atoms with Crippen LogP contribution in [0.2, 0.25) is 5.02 Å². The van der Waals surface area contributed by atoms with Gasteiger partial charge in [-0.25, -0.2) is 8.78 Å². The first-order valence-electron chi connectivity index (χ1n) is 10.8. The Balaban J connectivity index is 0.000000485. The van der Waals surface area contributed by atoms with Crippen molar-refractivity contribution in [1.82, 2.24) is 5.32 Å². The number of amides is 1. The Morgan fingerprint density at radius 3 is 2.19 bits per heavy atom. The zero-order valence-electron chi connectivity index (χ0n) is 20.1. The van der Waals surface area contributed by atoms with Crippen molar-refractivity contribution in [3.8, 4) is 0 Å². The molecule has 0 saturated heterocycles. The van der Waals surface area contributed by atoms with Crippen LogP contribution < -0.4 is 10.2 Å². The number of nitrogens with zero attached hydrogens (tertiary/aromatic N) is 1. The largest absolute Gasteiger partial charge is 0.320 e. The number of benzene rings is 2. The number of thioether (sulfide) groups is 1. The van der Waals surface area contributed by atoms with Crippen molar-refractivity contribution in [2.75, 3.05) is 31.3 Å². The number of halogens is 3. The maximum absolute atomic E-state index is 14.0. The molecule has 178 valence electrons. The summed E-state index contributed by atoms with van der Waals surface area (Å²) in [6.45, 7) is 11.9. The third kappa shape index (κ3) is 7.19. The molecule has 1 aliphatic rings. The number of carbonyl (C=O) groups excluding carboxylic acids is 1. The van der Waals surface area contributed by atoms with E-state index in [1.807, 2.05) is 38.7 Å². The van der Waals surface area contributed by atoms with Crippen molar-refractivity contribution in [2.45, 2.75) is 51.7 Å². The Morgan fingerprint density at radius 2 is 1.75 bits per heavy atom. The molecule has 0 bridgehead atoms. The van der Waals surface area contributed by atoms with Gasteiger partial charge in [-0.15, -0.1) is 0 Å². The van der Waals surface area contributed by atoms with E-state index < -0.39 is 23.1 Å². The summed E-state index contributed by atoms with van der Waals surface area (Å²) in [5, 5.41) is 4.31. The molecule has 7 heteroatoms. The van der Waals surface area contributed by atoms with E-state index in [9.17, 15) is 13.6 Å². The fraction of sp³-hybridized carbons (Fsp3) is 0.480. The molecule has 1 amide bonds. The third-order valence-corrected chi connectivity index (χ3v) is 6.61. The molecule has 32 heavy (non-hydrogen) atoms. The SMILES string of the molecule is CCC1(C)CN(C(=O)c2c(F)cccc2F)c2ccc(Cl)cc21.CCNC.CSC(C)C. The Morgan fingerprint density at radius 1 is 1.22 bits per heavy atom. The second kappa shape index (κ2) is 13.2. The van der Waals surface area contributed by atoms with Crippen LogP contribution in [0.4, 0.5) is 14.5 Å². The fourth-order valence-electron chi connectivity index (χ4n) is 3.07. The van der Waals surface area contributed by atoms with Crippen molar-refractivity contribution in [3.63, 3.8) is 0 Å². The standard InChI is InChI=1S/C18H16ClF2NO.C4H10S.C3H9N/c1-3-18(2)10-22(15-8-7-11(19)9-12(15)18)17(23)16-13(20)5-4-6-14(16)21;1-4(2)5-3;1-3-4-2/h4-9H,3,10H2,1-2H3;4H,1-3H3;4H,3H2,1-2H3. The highest BCUT2D eigenvalue weighted by atomic mass is 35.5. The van der Waals surface area contributed by atoms with Crippen LogP contribution in [0.3, 0.4) is 0 Å². The molecule has 1 aliphatic heterocycles. The third-order valence-electron chi connectivity index (χ3n) is 5.43. The summed E-state index contributed by atoms with van der Waals surface area (Å²) in [5.74, 6) is -2.37. The van der Waals surface area contributed by atoms with Gasteiger partial charge in [0.05, 0.1) is 0 Å². The Labute approximate surface area is 200 Å². The van der Waals surface area contributed by atoms with Gasteiger partial charge in [0.1, 0.15) is 17.2 Å². The van der Waals surface area contributed by atoms with Crippen molar-refractivity contribution in [3.05, 3.63) is 64.2 Å². The highest BCUT2D eigenvalue weighted by molar-refractivity contribution is 7.99. The molecule has 0 spiro atoms. The first kappa shape index (κ1) is 28.4. The molecule has 2 aromatic carbocycles. The highest BCUT2D eigenvalue weighted by Crippen LogP contribution is 2.44. The Bertz CT molecular complexity index is 872. The Kier molecular flexibility index (Phi) is 11.7. The van der Waals surface area contributed by atoms with Gasteiger partial charge in [0.2, 0.25) is 0 Å². The van der Waals surface area contributed by atoms with E-state index in [1.54, 1.807) is 12.1 Å². The number of carbonyl (C=O) groups is 1. The number of rotatable bonds is 4. The minimum atomic E-state index is -0.851. The van der Waals surface area contributed by atoms with Crippen molar-refractivity contribution < 1.29 is 13.6 Å². The van der Waals surface area contributed by atoms with Gasteiger partial charge < -0.3 is 10.2 Å². The molecule has 1 N–H and O–H groups in total. The maximum Gasteiger partial charge on any atom is 0.264 e. The second-order valence-corrected chi connectivity index (χ2v) is 9.91. The number of anilines is 1. The predicted octanol–water partition coefficient (Wildman–Crippen LogP) is 6.93. The van der Waals surface area contributed by atoms with Crippen LogP contribution >= 0.6 is 23.4 Å². The van der Waals surface area contributed by atoms with Crippen LogP contribution in [-0.4, -0.2) is 37.6 Å². The lowest BCUT2D eigenvalue weighted by molar-refractivity contribution is 0.0977. The van der Waals surface area contributed by atoms with Gasteiger partial charge in [-0.1, -0.05) is 52.3 Å². The van der Waals surface area contributed by atoms with E-state index in [0.717, 1.165) is 35.9 Å². The van der Waals surface area contributed by atoms with Crippen LogP contribution in [0.25, 0.3) is 0 Å². The van der Waals surface area contributed by atoms with Gasteiger partial charge in [-0.2, -0.15) is 11.8 Å². The van der Waals surface area contributed by atoms with Crippen LogP contribution in [0.5, 0.6) is 0 Å². The van der Waals surface area contributed by atoms with Gasteiger partial charge in [0.15, 0.2) is 0 Å². The summed E-state index contributed by atoms with van der Waals surface area (Å²) in [7, 11) is 1.93. The normalized spacial score (nSPS) is 16.7. The maximum atomic E-state index is 14.0. The zero-order chi connectivity index (χ0) is 24.5. The quantitative estimate of drug-likeness (QED) is 0.510. The molecular formula is C25H35ClF2N2OS.